The lowest BCUT2D eigenvalue weighted by Gasteiger charge is -2.25. The fourth-order valence-corrected chi connectivity index (χ4v) is 3.87. The summed E-state index contributed by atoms with van der Waals surface area (Å²) in [5, 5.41) is 2.96. The Morgan fingerprint density at radius 1 is 1.11 bits per heavy atom. The number of carbonyl (C=O) groups excluding carboxylic acids is 1. The lowest BCUT2D eigenvalue weighted by Crippen LogP contribution is -2.33. The van der Waals surface area contributed by atoms with Crippen LogP contribution in [-0.4, -0.2) is 45.2 Å². The van der Waals surface area contributed by atoms with Gasteiger partial charge in [-0.2, -0.15) is 0 Å². The van der Waals surface area contributed by atoms with Crippen molar-refractivity contribution in [2.45, 2.75) is 25.8 Å². The van der Waals surface area contributed by atoms with Crippen molar-refractivity contribution in [2.75, 3.05) is 39.7 Å². The first-order chi connectivity index (χ1) is 13.6. The minimum atomic E-state index is -0.0604. The van der Waals surface area contributed by atoms with Gasteiger partial charge in [-0.05, 0) is 37.4 Å². The van der Waals surface area contributed by atoms with Crippen LogP contribution in [0.15, 0.2) is 36.4 Å². The Morgan fingerprint density at radius 3 is 2.39 bits per heavy atom. The van der Waals surface area contributed by atoms with Gasteiger partial charge in [-0.3, -0.25) is 9.69 Å². The quantitative estimate of drug-likeness (QED) is 0.787. The van der Waals surface area contributed by atoms with E-state index in [0.29, 0.717) is 29.5 Å². The monoisotopic (exact) mass is 384 g/mol. The van der Waals surface area contributed by atoms with Crippen LogP contribution in [0.1, 0.15) is 30.0 Å². The van der Waals surface area contributed by atoms with Crippen LogP contribution in [0, 0.1) is 6.92 Å². The van der Waals surface area contributed by atoms with Crippen molar-refractivity contribution in [1.29, 1.82) is 0 Å². The number of likely N-dealkylation sites (tertiary alicyclic amines) is 1. The molecule has 1 heterocycles. The summed E-state index contributed by atoms with van der Waals surface area (Å²) in [5.74, 6) is 1.46. The van der Waals surface area contributed by atoms with E-state index in [1.165, 1.54) is 11.1 Å². The van der Waals surface area contributed by atoms with Gasteiger partial charge in [0.1, 0.15) is 0 Å². The number of anilines is 1. The number of aryl methyl sites for hydroxylation is 1. The van der Waals surface area contributed by atoms with Crippen LogP contribution in [0.4, 0.5) is 5.69 Å². The number of methoxy groups -OCH3 is 3. The summed E-state index contributed by atoms with van der Waals surface area (Å²) in [6.07, 6.45) is 2.17. The zero-order valence-electron chi connectivity index (χ0n) is 17.0. The summed E-state index contributed by atoms with van der Waals surface area (Å²) in [6.45, 7) is 3.39. The van der Waals surface area contributed by atoms with Gasteiger partial charge >= 0.3 is 0 Å². The summed E-state index contributed by atoms with van der Waals surface area (Å²) in [4.78, 5) is 15.0. The van der Waals surface area contributed by atoms with Gasteiger partial charge in [0.25, 0.3) is 0 Å². The van der Waals surface area contributed by atoms with Crippen LogP contribution in [-0.2, 0) is 4.79 Å². The Morgan fingerprint density at radius 2 is 1.79 bits per heavy atom. The highest BCUT2D eigenvalue weighted by Gasteiger charge is 2.28. The standard InChI is InChI=1S/C22H28N2O4/c1-15-8-5-6-9-17(15)18-10-7-11-24(18)14-21(25)23-16-12-19(26-2)22(28-4)20(13-16)27-3/h5-6,8-9,12-13,18H,7,10-11,14H2,1-4H3,(H,23,25). The van der Waals surface area contributed by atoms with Gasteiger partial charge in [-0.15, -0.1) is 0 Å². The first kappa shape index (κ1) is 20.0. The molecule has 1 unspecified atom stereocenters. The van der Waals surface area contributed by atoms with E-state index in [1.807, 2.05) is 0 Å². The smallest absolute Gasteiger partial charge is 0.238 e. The Bertz CT molecular complexity index is 812. The molecule has 1 saturated heterocycles. The largest absolute Gasteiger partial charge is 0.493 e. The number of hydrogen-bond donors (Lipinski definition) is 1. The van der Waals surface area contributed by atoms with E-state index in [-0.39, 0.29) is 11.9 Å². The van der Waals surface area contributed by atoms with Gasteiger partial charge < -0.3 is 19.5 Å². The molecule has 0 radical (unpaired) electrons. The molecule has 1 aliphatic heterocycles. The molecule has 150 valence electrons. The Labute approximate surface area is 166 Å². The van der Waals surface area contributed by atoms with Crippen LogP contribution >= 0.6 is 0 Å². The molecule has 6 nitrogen and oxygen atoms in total. The molecule has 0 aliphatic carbocycles. The molecule has 2 aromatic carbocycles. The van der Waals surface area contributed by atoms with Gasteiger partial charge in [0, 0.05) is 23.9 Å². The predicted molar refractivity (Wildman–Crippen MR) is 109 cm³/mol. The third-order valence-corrected chi connectivity index (χ3v) is 5.21. The molecule has 28 heavy (non-hydrogen) atoms. The molecular weight excluding hydrogens is 356 g/mol. The molecule has 1 fully saturated rings. The van der Waals surface area contributed by atoms with Crippen LogP contribution < -0.4 is 19.5 Å². The highest BCUT2D eigenvalue weighted by molar-refractivity contribution is 5.93. The number of hydrogen-bond acceptors (Lipinski definition) is 5. The van der Waals surface area contributed by atoms with E-state index in [1.54, 1.807) is 33.5 Å². The van der Waals surface area contributed by atoms with E-state index in [0.717, 1.165) is 19.4 Å². The van der Waals surface area contributed by atoms with Crippen molar-refractivity contribution in [1.82, 2.24) is 4.90 Å². The average Bonchev–Trinajstić information content (AvgIpc) is 3.15. The molecule has 1 aliphatic rings. The fourth-order valence-electron chi connectivity index (χ4n) is 3.87. The molecular formula is C22H28N2O4. The minimum Gasteiger partial charge on any atom is -0.493 e. The number of benzene rings is 2. The van der Waals surface area contributed by atoms with Crippen LogP contribution in [0.2, 0.25) is 0 Å². The van der Waals surface area contributed by atoms with Crippen molar-refractivity contribution >= 4 is 11.6 Å². The van der Waals surface area contributed by atoms with E-state index in [4.69, 9.17) is 14.2 Å². The first-order valence-electron chi connectivity index (χ1n) is 9.46. The maximum atomic E-state index is 12.7. The van der Waals surface area contributed by atoms with Gasteiger partial charge in [-0.1, -0.05) is 24.3 Å². The zero-order chi connectivity index (χ0) is 20.1. The normalized spacial score (nSPS) is 16.6. The van der Waals surface area contributed by atoms with Crippen molar-refractivity contribution in [2.24, 2.45) is 0 Å². The van der Waals surface area contributed by atoms with Crippen LogP contribution in [0.25, 0.3) is 0 Å². The van der Waals surface area contributed by atoms with Crippen LogP contribution in [0.5, 0.6) is 17.2 Å². The third kappa shape index (κ3) is 4.22. The van der Waals surface area contributed by atoms with Crippen molar-refractivity contribution < 1.29 is 19.0 Å². The fraction of sp³-hybridized carbons (Fsp3) is 0.409. The maximum Gasteiger partial charge on any atom is 0.238 e. The molecule has 2 aromatic rings. The highest BCUT2D eigenvalue weighted by Crippen LogP contribution is 2.40. The third-order valence-electron chi connectivity index (χ3n) is 5.21. The van der Waals surface area contributed by atoms with Gasteiger partial charge in [0.2, 0.25) is 11.7 Å². The van der Waals surface area contributed by atoms with Crippen LogP contribution in [0.3, 0.4) is 0 Å². The highest BCUT2D eigenvalue weighted by atomic mass is 16.5. The summed E-state index contributed by atoms with van der Waals surface area (Å²) >= 11 is 0. The van der Waals surface area contributed by atoms with Crippen molar-refractivity contribution in [3.63, 3.8) is 0 Å². The predicted octanol–water partition coefficient (Wildman–Crippen LogP) is 3.80. The number of nitrogens with zero attached hydrogens (tertiary/aromatic N) is 1. The van der Waals surface area contributed by atoms with E-state index in [2.05, 4.69) is 41.4 Å². The number of nitrogens with one attached hydrogen (secondary N) is 1. The maximum absolute atomic E-state index is 12.7. The number of amides is 1. The molecule has 0 aromatic heterocycles. The molecule has 0 spiro atoms. The Balaban J connectivity index is 1.72. The SMILES string of the molecule is COc1cc(NC(=O)CN2CCCC2c2ccccc2C)cc(OC)c1OC. The molecule has 1 atom stereocenters. The molecule has 6 heteroatoms. The lowest BCUT2D eigenvalue weighted by molar-refractivity contribution is -0.117. The van der Waals surface area contributed by atoms with Gasteiger partial charge in [-0.25, -0.2) is 0 Å². The van der Waals surface area contributed by atoms with E-state index >= 15 is 0 Å². The summed E-state index contributed by atoms with van der Waals surface area (Å²) < 4.78 is 16.0. The molecule has 1 N–H and O–H groups in total. The Hall–Kier alpha value is -2.73. The van der Waals surface area contributed by atoms with Gasteiger partial charge in [0.15, 0.2) is 11.5 Å². The molecule has 0 saturated carbocycles. The summed E-state index contributed by atoms with van der Waals surface area (Å²) in [6, 6.07) is 12.2. The van der Waals surface area contributed by atoms with Gasteiger partial charge in [0.05, 0.1) is 27.9 Å². The lowest BCUT2D eigenvalue weighted by atomic mass is 9.99. The Kier molecular flexibility index (Phi) is 6.41. The molecule has 3 rings (SSSR count). The number of rotatable bonds is 7. The second-order valence-electron chi connectivity index (χ2n) is 6.95. The zero-order valence-corrected chi connectivity index (χ0v) is 17.0. The minimum absolute atomic E-state index is 0.0604. The topological polar surface area (TPSA) is 60.0 Å². The summed E-state index contributed by atoms with van der Waals surface area (Å²) in [5.41, 5.74) is 3.19. The van der Waals surface area contributed by atoms with E-state index < -0.39 is 0 Å². The first-order valence-corrected chi connectivity index (χ1v) is 9.46. The summed E-state index contributed by atoms with van der Waals surface area (Å²) in [7, 11) is 4.66. The second kappa shape index (κ2) is 8.97. The van der Waals surface area contributed by atoms with Crippen molar-refractivity contribution in [3.8, 4) is 17.2 Å². The van der Waals surface area contributed by atoms with E-state index in [9.17, 15) is 4.79 Å². The molecule has 0 bridgehead atoms. The number of carbonyl (C=O) groups is 1. The average molecular weight is 384 g/mol. The molecule has 1 amide bonds. The van der Waals surface area contributed by atoms with Crippen molar-refractivity contribution in [3.05, 3.63) is 47.5 Å². The number of ether oxygens (including phenoxy) is 3. The second-order valence-corrected chi connectivity index (χ2v) is 6.95.